The number of Topliss-reactive ketones (excluding diaryl/α,β-unsaturated/α-hetero) is 1. The zero-order valence-corrected chi connectivity index (χ0v) is 14.2. The first-order valence-electron chi connectivity index (χ1n) is 8.02. The number of thiophene rings is 1. The van der Waals surface area contributed by atoms with Gasteiger partial charge in [-0.25, -0.2) is 0 Å². The standard InChI is InChI=1S/C17H25NO3S/c1-11-9-14(12(2)22-11)16(20)7-8-17(21)18-10-13-5-3-4-6-15(13)19/h9,13,15,19H,3-8,10H2,1-2H3,(H,18,21)/t13-,15+/m1/s1. The van der Waals surface area contributed by atoms with Gasteiger partial charge in [-0.2, -0.15) is 0 Å². The van der Waals surface area contributed by atoms with Crippen LogP contribution in [0.5, 0.6) is 0 Å². The molecule has 1 aliphatic rings. The van der Waals surface area contributed by atoms with E-state index in [2.05, 4.69) is 5.32 Å². The van der Waals surface area contributed by atoms with Crippen molar-refractivity contribution in [3.05, 3.63) is 21.4 Å². The number of amides is 1. The molecule has 1 aliphatic carbocycles. The molecule has 0 radical (unpaired) electrons. The van der Waals surface area contributed by atoms with Gasteiger partial charge in [0.05, 0.1) is 6.10 Å². The zero-order chi connectivity index (χ0) is 16.1. The van der Waals surface area contributed by atoms with E-state index in [4.69, 9.17) is 0 Å². The molecular weight excluding hydrogens is 298 g/mol. The lowest BCUT2D eigenvalue weighted by molar-refractivity contribution is -0.121. The van der Waals surface area contributed by atoms with Gasteiger partial charge in [0, 0.05) is 40.6 Å². The summed E-state index contributed by atoms with van der Waals surface area (Å²) in [5.74, 6) is 0.0978. The number of aliphatic hydroxyl groups excluding tert-OH is 1. The summed E-state index contributed by atoms with van der Waals surface area (Å²) in [4.78, 5) is 26.1. The van der Waals surface area contributed by atoms with Crippen LogP contribution < -0.4 is 5.32 Å². The summed E-state index contributed by atoms with van der Waals surface area (Å²) in [6, 6.07) is 1.90. The van der Waals surface area contributed by atoms with E-state index >= 15 is 0 Å². The lowest BCUT2D eigenvalue weighted by Crippen LogP contribution is -2.36. The second kappa shape index (κ2) is 7.88. The van der Waals surface area contributed by atoms with Gasteiger partial charge in [0.15, 0.2) is 5.78 Å². The molecule has 122 valence electrons. The average molecular weight is 323 g/mol. The van der Waals surface area contributed by atoms with Crippen molar-refractivity contribution in [2.75, 3.05) is 6.54 Å². The molecule has 4 nitrogen and oxygen atoms in total. The van der Waals surface area contributed by atoms with Gasteiger partial charge in [0.1, 0.15) is 0 Å². The van der Waals surface area contributed by atoms with Crippen LogP contribution in [0.3, 0.4) is 0 Å². The van der Waals surface area contributed by atoms with Crippen LogP contribution in [0, 0.1) is 19.8 Å². The van der Waals surface area contributed by atoms with Crippen molar-refractivity contribution in [3.8, 4) is 0 Å². The highest BCUT2D eigenvalue weighted by Gasteiger charge is 2.23. The molecular formula is C17H25NO3S. The van der Waals surface area contributed by atoms with Gasteiger partial charge in [-0.1, -0.05) is 12.8 Å². The molecule has 2 rings (SSSR count). The Hall–Kier alpha value is -1.20. The summed E-state index contributed by atoms with van der Waals surface area (Å²) >= 11 is 1.61. The van der Waals surface area contributed by atoms with Crippen LogP contribution in [-0.2, 0) is 4.79 Å². The predicted octanol–water partition coefficient (Wildman–Crippen LogP) is 3.00. The molecule has 0 aliphatic heterocycles. The van der Waals surface area contributed by atoms with Crippen LogP contribution in [0.4, 0.5) is 0 Å². The summed E-state index contributed by atoms with van der Waals surface area (Å²) in [5.41, 5.74) is 0.748. The van der Waals surface area contributed by atoms with E-state index in [-0.39, 0.29) is 36.6 Å². The maximum Gasteiger partial charge on any atom is 0.220 e. The number of nitrogens with one attached hydrogen (secondary N) is 1. The van der Waals surface area contributed by atoms with E-state index in [0.717, 1.165) is 41.0 Å². The molecule has 1 aromatic rings. The Morgan fingerprint density at radius 3 is 2.64 bits per heavy atom. The number of hydrogen-bond donors (Lipinski definition) is 2. The summed E-state index contributed by atoms with van der Waals surface area (Å²) < 4.78 is 0. The van der Waals surface area contributed by atoms with Crippen LogP contribution in [0.1, 0.15) is 58.6 Å². The van der Waals surface area contributed by atoms with Crippen LogP contribution in [-0.4, -0.2) is 29.4 Å². The van der Waals surface area contributed by atoms with E-state index in [1.165, 1.54) is 0 Å². The smallest absolute Gasteiger partial charge is 0.220 e. The molecule has 1 heterocycles. The topological polar surface area (TPSA) is 66.4 Å². The van der Waals surface area contributed by atoms with Crippen molar-refractivity contribution >= 4 is 23.0 Å². The predicted molar refractivity (Wildman–Crippen MR) is 88.3 cm³/mol. The van der Waals surface area contributed by atoms with Gasteiger partial charge < -0.3 is 10.4 Å². The number of carbonyl (C=O) groups excluding carboxylic acids is 2. The summed E-state index contributed by atoms with van der Waals surface area (Å²) in [5, 5.41) is 12.7. The lowest BCUT2D eigenvalue weighted by atomic mass is 9.86. The van der Waals surface area contributed by atoms with Gasteiger partial charge in [0.2, 0.25) is 5.91 Å². The molecule has 1 saturated carbocycles. The van der Waals surface area contributed by atoms with Crippen LogP contribution >= 0.6 is 11.3 Å². The Bertz CT molecular complexity index is 538. The second-order valence-electron chi connectivity index (χ2n) is 6.17. The summed E-state index contributed by atoms with van der Waals surface area (Å²) in [7, 11) is 0. The Morgan fingerprint density at radius 2 is 2.00 bits per heavy atom. The van der Waals surface area contributed by atoms with Crippen molar-refractivity contribution in [1.29, 1.82) is 0 Å². The number of carbonyl (C=O) groups is 2. The molecule has 0 spiro atoms. The fourth-order valence-corrected chi connectivity index (χ4v) is 3.97. The first kappa shape index (κ1) is 17.2. The Kier molecular flexibility index (Phi) is 6.15. The second-order valence-corrected chi connectivity index (χ2v) is 7.63. The van der Waals surface area contributed by atoms with Gasteiger partial charge in [-0.3, -0.25) is 9.59 Å². The minimum atomic E-state index is -0.299. The number of aryl methyl sites for hydroxylation is 2. The zero-order valence-electron chi connectivity index (χ0n) is 13.4. The molecule has 0 aromatic carbocycles. The highest BCUT2D eigenvalue weighted by Crippen LogP contribution is 2.24. The van der Waals surface area contributed by atoms with Crippen LogP contribution in [0.15, 0.2) is 6.07 Å². The lowest BCUT2D eigenvalue weighted by Gasteiger charge is -2.27. The van der Waals surface area contributed by atoms with Crippen LogP contribution in [0.2, 0.25) is 0 Å². The molecule has 0 saturated heterocycles. The summed E-state index contributed by atoms with van der Waals surface area (Å²) in [6.07, 6.45) is 4.15. The average Bonchev–Trinajstić information content (AvgIpc) is 2.82. The maximum absolute atomic E-state index is 12.1. The van der Waals surface area contributed by atoms with Crippen LogP contribution in [0.25, 0.3) is 0 Å². The van der Waals surface area contributed by atoms with Crippen molar-refractivity contribution < 1.29 is 14.7 Å². The minimum absolute atomic E-state index is 0.0368. The molecule has 1 aromatic heterocycles. The molecule has 2 N–H and O–H groups in total. The Labute approximate surface area is 135 Å². The van der Waals surface area contributed by atoms with Crippen molar-refractivity contribution in [2.45, 2.75) is 58.5 Å². The van der Waals surface area contributed by atoms with E-state index < -0.39 is 0 Å². The molecule has 5 heteroatoms. The SMILES string of the molecule is Cc1cc(C(=O)CCC(=O)NC[C@H]2CCCC[C@@H]2O)c(C)s1. The third kappa shape index (κ3) is 4.65. The normalized spacial score (nSPS) is 21.6. The maximum atomic E-state index is 12.1. The van der Waals surface area contributed by atoms with Crippen molar-refractivity contribution in [1.82, 2.24) is 5.32 Å². The van der Waals surface area contributed by atoms with Gasteiger partial charge in [0.25, 0.3) is 0 Å². The van der Waals surface area contributed by atoms with Crippen molar-refractivity contribution in [3.63, 3.8) is 0 Å². The third-order valence-corrected chi connectivity index (χ3v) is 5.32. The molecule has 0 unspecified atom stereocenters. The monoisotopic (exact) mass is 323 g/mol. The summed E-state index contributed by atoms with van der Waals surface area (Å²) in [6.45, 7) is 4.44. The first-order valence-corrected chi connectivity index (χ1v) is 8.84. The molecule has 0 bridgehead atoms. The van der Waals surface area contributed by atoms with Gasteiger partial charge in [-0.05, 0) is 32.8 Å². The quantitative estimate of drug-likeness (QED) is 0.791. The highest BCUT2D eigenvalue weighted by atomic mass is 32.1. The van der Waals surface area contributed by atoms with E-state index in [9.17, 15) is 14.7 Å². The highest BCUT2D eigenvalue weighted by molar-refractivity contribution is 7.12. The molecule has 1 fully saturated rings. The fourth-order valence-electron chi connectivity index (χ4n) is 3.03. The molecule has 2 atom stereocenters. The first-order chi connectivity index (χ1) is 10.5. The largest absolute Gasteiger partial charge is 0.393 e. The number of aliphatic hydroxyl groups is 1. The third-order valence-electron chi connectivity index (χ3n) is 4.35. The minimum Gasteiger partial charge on any atom is -0.393 e. The number of ketones is 1. The van der Waals surface area contributed by atoms with E-state index in [1.54, 1.807) is 11.3 Å². The molecule has 1 amide bonds. The number of rotatable bonds is 6. The fraction of sp³-hybridized carbons (Fsp3) is 0.647. The number of hydrogen-bond acceptors (Lipinski definition) is 4. The Morgan fingerprint density at radius 1 is 1.27 bits per heavy atom. The Balaban J connectivity index is 1.73. The van der Waals surface area contributed by atoms with Crippen molar-refractivity contribution in [2.24, 2.45) is 5.92 Å². The van der Waals surface area contributed by atoms with Gasteiger partial charge in [-0.15, -0.1) is 11.3 Å². The van der Waals surface area contributed by atoms with Gasteiger partial charge >= 0.3 is 0 Å². The molecule has 22 heavy (non-hydrogen) atoms. The van der Waals surface area contributed by atoms with E-state index in [0.29, 0.717) is 6.54 Å². The van der Waals surface area contributed by atoms with E-state index in [1.807, 2.05) is 19.9 Å².